The van der Waals surface area contributed by atoms with E-state index >= 15 is 0 Å². The smallest absolute Gasteiger partial charge is 0.248 e. The number of hydrogen-bond donors (Lipinski definition) is 1. The molecule has 0 spiro atoms. The van der Waals surface area contributed by atoms with Crippen LogP contribution in [0.15, 0.2) is 54.6 Å². The van der Waals surface area contributed by atoms with Gasteiger partial charge in [-0.05, 0) is 25.0 Å². The lowest BCUT2D eigenvalue weighted by Crippen LogP contribution is -2.37. The molecule has 162 valence electrons. The van der Waals surface area contributed by atoms with E-state index in [9.17, 15) is 9.59 Å². The summed E-state index contributed by atoms with van der Waals surface area (Å²) in [5.74, 6) is -0.342. The van der Waals surface area contributed by atoms with Gasteiger partial charge in [0, 0.05) is 32.2 Å². The number of rotatable bonds is 10. The van der Waals surface area contributed by atoms with Gasteiger partial charge in [-0.25, -0.2) is 0 Å². The Balaban J connectivity index is 1.54. The summed E-state index contributed by atoms with van der Waals surface area (Å²) in [5.41, 5.74) is 3.24. The van der Waals surface area contributed by atoms with E-state index < -0.39 is 0 Å². The second-order valence-corrected chi connectivity index (χ2v) is 8.11. The monoisotopic (exact) mass is 438 g/mol. The molecule has 0 unspecified atom stereocenters. The lowest BCUT2D eigenvalue weighted by molar-refractivity contribution is -0.135. The van der Waals surface area contributed by atoms with Crippen molar-refractivity contribution >= 4 is 28.3 Å². The fraction of sp³-hybridized carbons (Fsp3) is 0.304. The molecule has 2 aromatic carbocycles. The normalized spacial score (nSPS) is 10.6. The van der Waals surface area contributed by atoms with Crippen LogP contribution in [0.1, 0.15) is 17.5 Å². The number of hydrogen-bond acceptors (Lipinski definition) is 6. The SMILES string of the molecule is COCC(=O)N(CCC(=O)Nc1nnc(-c2cccc(C)c2)s1)CCc1ccccc1. The van der Waals surface area contributed by atoms with Crippen molar-refractivity contribution in [3.8, 4) is 10.6 Å². The number of methoxy groups -OCH3 is 1. The zero-order valence-corrected chi connectivity index (χ0v) is 18.5. The highest BCUT2D eigenvalue weighted by Crippen LogP contribution is 2.26. The minimum Gasteiger partial charge on any atom is -0.375 e. The molecule has 1 N–H and O–H groups in total. The molecule has 0 fully saturated rings. The van der Waals surface area contributed by atoms with E-state index in [0.717, 1.165) is 21.7 Å². The molecule has 8 heteroatoms. The summed E-state index contributed by atoms with van der Waals surface area (Å²) in [6.45, 7) is 2.84. The van der Waals surface area contributed by atoms with Gasteiger partial charge >= 0.3 is 0 Å². The number of carbonyl (C=O) groups excluding carboxylic acids is 2. The molecule has 0 saturated heterocycles. The number of carbonyl (C=O) groups is 2. The highest BCUT2D eigenvalue weighted by Gasteiger charge is 2.16. The van der Waals surface area contributed by atoms with Crippen molar-refractivity contribution in [2.45, 2.75) is 19.8 Å². The average molecular weight is 439 g/mol. The number of nitrogens with zero attached hydrogens (tertiary/aromatic N) is 3. The van der Waals surface area contributed by atoms with Gasteiger partial charge in [-0.3, -0.25) is 9.59 Å². The van der Waals surface area contributed by atoms with Crippen molar-refractivity contribution in [3.05, 3.63) is 65.7 Å². The Morgan fingerprint density at radius 3 is 2.61 bits per heavy atom. The van der Waals surface area contributed by atoms with Gasteiger partial charge < -0.3 is 15.0 Å². The first kappa shape index (κ1) is 22.6. The summed E-state index contributed by atoms with van der Waals surface area (Å²) in [4.78, 5) is 26.5. The molecule has 0 aliphatic carbocycles. The van der Waals surface area contributed by atoms with Crippen LogP contribution < -0.4 is 5.32 Å². The van der Waals surface area contributed by atoms with Crippen LogP contribution in [0.5, 0.6) is 0 Å². The molecular formula is C23H26N4O3S. The molecule has 0 atom stereocenters. The number of benzene rings is 2. The molecule has 7 nitrogen and oxygen atoms in total. The highest BCUT2D eigenvalue weighted by molar-refractivity contribution is 7.18. The minimum atomic E-state index is -0.207. The molecule has 31 heavy (non-hydrogen) atoms. The summed E-state index contributed by atoms with van der Waals surface area (Å²) in [5, 5.41) is 12.2. The predicted molar refractivity (Wildman–Crippen MR) is 122 cm³/mol. The largest absolute Gasteiger partial charge is 0.375 e. The molecule has 0 aliphatic heterocycles. The average Bonchev–Trinajstić information content (AvgIpc) is 3.23. The van der Waals surface area contributed by atoms with Crippen LogP contribution in [0.4, 0.5) is 5.13 Å². The first-order valence-electron chi connectivity index (χ1n) is 10.1. The molecule has 0 radical (unpaired) electrons. The lowest BCUT2D eigenvalue weighted by atomic mass is 10.1. The van der Waals surface area contributed by atoms with Crippen molar-refractivity contribution in [2.24, 2.45) is 0 Å². The lowest BCUT2D eigenvalue weighted by Gasteiger charge is -2.22. The van der Waals surface area contributed by atoms with E-state index in [1.165, 1.54) is 18.4 Å². The van der Waals surface area contributed by atoms with Crippen LogP contribution >= 0.6 is 11.3 Å². The third-order valence-corrected chi connectivity index (χ3v) is 5.57. The number of amides is 2. The molecule has 0 aliphatic rings. The summed E-state index contributed by atoms with van der Waals surface area (Å²) >= 11 is 1.32. The Kier molecular flexibility index (Phi) is 8.26. The summed E-state index contributed by atoms with van der Waals surface area (Å²) < 4.78 is 4.98. The van der Waals surface area contributed by atoms with Gasteiger partial charge in [0.2, 0.25) is 16.9 Å². The van der Waals surface area contributed by atoms with E-state index in [1.54, 1.807) is 4.90 Å². The molecule has 3 rings (SSSR count). The van der Waals surface area contributed by atoms with Gasteiger partial charge in [0.05, 0.1) is 0 Å². The Hall–Kier alpha value is -3.10. The Morgan fingerprint density at radius 2 is 1.87 bits per heavy atom. The fourth-order valence-corrected chi connectivity index (χ4v) is 3.83. The van der Waals surface area contributed by atoms with Crippen molar-refractivity contribution in [3.63, 3.8) is 0 Å². The molecule has 1 heterocycles. The van der Waals surface area contributed by atoms with Gasteiger partial charge in [0.1, 0.15) is 11.6 Å². The third-order valence-electron chi connectivity index (χ3n) is 4.68. The van der Waals surface area contributed by atoms with Crippen LogP contribution in [0.2, 0.25) is 0 Å². The molecule has 3 aromatic rings. The predicted octanol–water partition coefficient (Wildman–Crippen LogP) is 3.56. The van der Waals surface area contributed by atoms with Crippen LogP contribution in [-0.2, 0) is 20.7 Å². The van der Waals surface area contributed by atoms with Gasteiger partial charge in [-0.1, -0.05) is 65.4 Å². The van der Waals surface area contributed by atoms with Gasteiger partial charge in [-0.2, -0.15) is 0 Å². The van der Waals surface area contributed by atoms with Crippen LogP contribution in [0.3, 0.4) is 0 Å². The second-order valence-electron chi connectivity index (χ2n) is 7.13. The van der Waals surface area contributed by atoms with E-state index in [4.69, 9.17) is 4.74 Å². The second kappa shape index (κ2) is 11.3. The number of aromatic nitrogens is 2. The standard InChI is InChI=1S/C23H26N4O3S/c1-17-7-6-10-19(15-17)22-25-26-23(31-22)24-20(28)12-14-27(21(29)16-30-2)13-11-18-8-4-3-5-9-18/h3-10,15H,11-14,16H2,1-2H3,(H,24,26,28). The summed E-state index contributed by atoms with van der Waals surface area (Å²) in [6, 6.07) is 17.9. The number of anilines is 1. The van der Waals surface area contributed by atoms with Crippen LogP contribution in [-0.4, -0.2) is 53.7 Å². The maximum absolute atomic E-state index is 12.4. The van der Waals surface area contributed by atoms with E-state index in [1.807, 2.05) is 61.5 Å². The van der Waals surface area contributed by atoms with Crippen molar-refractivity contribution in [1.29, 1.82) is 0 Å². The molecule has 1 aromatic heterocycles. The topological polar surface area (TPSA) is 84.4 Å². The van der Waals surface area contributed by atoms with Crippen LogP contribution in [0, 0.1) is 6.92 Å². The maximum atomic E-state index is 12.4. The van der Waals surface area contributed by atoms with Gasteiger partial charge in [0.25, 0.3) is 0 Å². The Labute approximate surface area is 186 Å². The first-order valence-corrected chi connectivity index (χ1v) is 10.9. The zero-order valence-electron chi connectivity index (χ0n) is 17.7. The number of nitrogens with one attached hydrogen (secondary N) is 1. The Bertz CT molecular complexity index is 1010. The van der Waals surface area contributed by atoms with E-state index in [-0.39, 0.29) is 24.8 Å². The first-order chi connectivity index (χ1) is 15.0. The van der Waals surface area contributed by atoms with Gasteiger partial charge in [0.15, 0.2) is 0 Å². The number of aryl methyl sites for hydroxylation is 1. The highest BCUT2D eigenvalue weighted by atomic mass is 32.1. The molecule has 0 bridgehead atoms. The fourth-order valence-electron chi connectivity index (χ4n) is 3.07. The zero-order chi connectivity index (χ0) is 22.1. The Morgan fingerprint density at radius 1 is 1.06 bits per heavy atom. The number of ether oxygens (including phenoxy) is 1. The third kappa shape index (κ3) is 6.97. The molecule has 2 amide bonds. The summed E-state index contributed by atoms with van der Waals surface area (Å²) in [6.07, 6.45) is 0.887. The molecular weight excluding hydrogens is 412 g/mol. The van der Waals surface area contributed by atoms with E-state index in [0.29, 0.717) is 24.6 Å². The van der Waals surface area contributed by atoms with Crippen LogP contribution in [0.25, 0.3) is 10.6 Å². The van der Waals surface area contributed by atoms with Crippen molar-refractivity contribution in [1.82, 2.24) is 15.1 Å². The van der Waals surface area contributed by atoms with Crippen molar-refractivity contribution < 1.29 is 14.3 Å². The van der Waals surface area contributed by atoms with E-state index in [2.05, 4.69) is 15.5 Å². The van der Waals surface area contributed by atoms with Crippen molar-refractivity contribution in [2.75, 3.05) is 32.1 Å². The quantitative estimate of drug-likeness (QED) is 0.523. The summed E-state index contributed by atoms with van der Waals surface area (Å²) in [7, 11) is 1.49. The van der Waals surface area contributed by atoms with Gasteiger partial charge in [-0.15, -0.1) is 10.2 Å². The molecule has 0 saturated carbocycles. The maximum Gasteiger partial charge on any atom is 0.248 e. The minimum absolute atomic E-state index is 0.00728.